The van der Waals surface area contributed by atoms with Crippen molar-refractivity contribution in [3.8, 4) is 21.8 Å². The van der Waals surface area contributed by atoms with Crippen LogP contribution in [0.2, 0.25) is 5.02 Å². The van der Waals surface area contributed by atoms with Crippen LogP contribution in [0, 0.1) is 0 Å². The molecule has 1 heterocycles. The van der Waals surface area contributed by atoms with E-state index >= 15 is 0 Å². The summed E-state index contributed by atoms with van der Waals surface area (Å²) in [6, 6.07) is 15.9. The van der Waals surface area contributed by atoms with E-state index in [0.29, 0.717) is 0 Å². The maximum atomic E-state index is 6.20. The third-order valence-electron chi connectivity index (χ3n) is 2.73. The lowest BCUT2D eigenvalue weighted by Crippen LogP contribution is -1.80. The summed E-state index contributed by atoms with van der Waals surface area (Å²) in [5.74, 6) is 0. The second-order valence-corrected chi connectivity index (χ2v) is 6.21. The van der Waals surface area contributed by atoms with E-state index in [1.54, 1.807) is 11.3 Å². The van der Waals surface area contributed by atoms with Gasteiger partial charge in [0.05, 0.1) is 5.69 Å². The number of hydrogen-bond donors (Lipinski definition) is 0. The number of thiazole rings is 1. The summed E-state index contributed by atoms with van der Waals surface area (Å²) in [7, 11) is 0. The van der Waals surface area contributed by atoms with E-state index in [4.69, 9.17) is 11.6 Å². The Labute approximate surface area is 129 Å². The summed E-state index contributed by atoms with van der Waals surface area (Å²) in [4.78, 5) is 4.67. The largest absolute Gasteiger partial charge is 0.236 e. The number of halogens is 2. The molecule has 0 unspecified atom stereocenters. The third kappa shape index (κ3) is 2.73. The van der Waals surface area contributed by atoms with Crippen LogP contribution in [-0.2, 0) is 0 Å². The quantitative estimate of drug-likeness (QED) is 0.561. The van der Waals surface area contributed by atoms with Crippen LogP contribution in [0.5, 0.6) is 0 Å². The lowest BCUT2D eigenvalue weighted by Gasteiger charge is -1.99. The maximum absolute atomic E-state index is 6.20. The van der Waals surface area contributed by atoms with Crippen LogP contribution >= 0.6 is 38.9 Å². The van der Waals surface area contributed by atoms with Gasteiger partial charge in [-0.3, -0.25) is 0 Å². The molecule has 0 aliphatic rings. The zero-order chi connectivity index (χ0) is 13.2. The molecule has 0 radical (unpaired) electrons. The summed E-state index contributed by atoms with van der Waals surface area (Å²) in [6.07, 6.45) is 0. The molecule has 2 aromatic carbocycles. The summed E-state index contributed by atoms with van der Waals surface area (Å²) in [6.45, 7) is 0. The predicted octanol–water partition coefficient (Wildman–Crippen LogP) is 5.89. The minimum absolute atomic E-state index is 0.730. The zero-order valence-corrected chi connectivity index (χ0v) is 13.0. The SMILES string of the molecule is Clc1ccccc1-c1csc(-c2cccc(Br)c2)n1. The predicted molar refractivity (Wildman–Crippen MR) is 85.7 cm³/mol. The van der Waals surface area contributed by atoms with Crippen molar-refractivity contribution in [1.29, 1.82) is 0 Å². The van der Waals surface area contributed by atoms with Crippen molar-refractivity contribution in [3.63, 3.8) is 0 Å². The fourth-order valence-electron chi connectivity index (χ4n) is 1.82. The van der Waals surface area contributed by atoms with Crippen molar-refractivity contribution in [3.05, 3.63) is 63.4 Å². The number of hydrogen-bond acceptors (Lipinski definition) is 2. The third-order valence-corrected chi connectivity index (χ3v) is 4.44. The Morgan fingerprint density at radius 1 is 1.05 bits per heavy atom. The van der Waals surface area contributed by atoms with Gasteiger partial charge >= 0.3 is 0 Å². The van der Waals surface area contributed by atoms with Crippen molar-refractivity contribution in [2.24, 2.45) is 0 Å². The highest BCUT2D eigenvalue weighted by Gasteiger charge is 2.09. The van der Waals surface area contributed by atoms with E-state index in [1.807, 2.05) is 41.8 Å². The molecule has 0 aliphatic carbocycles. The Morgan fingerprint density at radius 3 is 2.68 bits per heavy atom. The topological polar surface area (TPSA) is 12.9 Å². The highest BCUT2D eigenvalue weighted by atomic mass is 79.9. The Hall–Kier alpha value is -1.16. The van der Waals surface area contributed by atoms with Gasteiger partial charge in [-0.25, -0.2) is 4.98 Å². The Morgan fingerprint density at radius 2 is 1.89 bits per heavy atom. The minimum atomic E-state index is 0.730. The number of aromatic nitrogens is 1. The fourth-order valence-corrected chi connectivity index (χ4v) is 3.27. The molecule has 4 heteroatoms. The van der Waals surface area contributed by atoms with Crippen LogP contribution in [-0.4, -0.2) is 4.98 Å². The first-order chi connectivity index (χ1) is 9.24. The summed E-state index contributed by atoms with van der Waals surface area (Å²) in [5, 5.41) is 3.77. The van der Waals surface area contributed by atoms with E-state index < -0.39 is 0 Å². The molecule has 94 valence electrons. The van der Waals surface area contributed by atoms with E-state index in [2.05, 4.69) is 33.0 Å². The summed E-state index contributed by atoms with van der Waals surface area (Å²) < 4.78 is 1.06. The fraction of sp³-hybridized carbons (Fsp3) is 0. The second kappa shape index (κ2) is 5.45. The first-order valence-corrected chi connectivity index (χ1v) is 7.75. The highest BCUT2D eigenvalue weighted by molar-refractivity contribution is 9.10. The zero-order valence-electron chi connectivity index (χ0n) is 9.81. The van der Waals surface area contributed by atoms with E-state index in [-0.39, 0.29) is 0 Å². The molecule has 0 bridgehead atoms. The van der Waals surface area contributed by atoms with Crippen LogP contribution in [0.1, 0.15) is 0 Å². The van der Waals surface area contributed by atoms with Crippen molar-refractivity contribution < 1.29 is 0 Å². The van der Waals surface area contributed by atoms with Gasteiger partial charge in [0.1, 0.15) is 5.01 Å². The molecular weight excluding hydrogens is 342 g/mol. The number of benzene rings is 2. The van der Waals surface area contributed by atoms with Gasteiger partial charge in [0.25, 0.3) is 0 Å². The molecule has 1 nitrogen and oxygen atoms in total. The molecule has 0 spiro atoms. The molecule has 0 N–H and O–H groups in total. The molecule has 0 amide bonds. The molecule has 0 atom stereocenters. The molecule has 1 aromatic heterocycles. The van der Waals surface area contributed by atoms with Crippen LogP contribution in [0.3, 0.4) is 0 Å². The first-order valence-electron chi connectivity index (χ1n) is 5.70. The maximum Gasteiger partial charge on any atom is 0.124 e. The van der Waals surface area contributed by atoms with E-state index in [9.17, 15) is 0 Å². The lowest BCUT2D eigenvalue weighted by atomic mass is 10.2. The molecule has 0 saturated carbocycles. The van der Waals surface area contributed by atoms with Crippen molar-refractivity contribution in [2.75, 3.05) is 0 Å². The molecule has 3 rings (SSSR count). The van der Waals surface area contributed by atoms with Crippen LogP contribution in [0.25, 0.3) is 21.8 Å². The van der Waals surface area contributed by atoms with Gasteiger partial charge in [-0.05, 0) is 18.2 Å². The normalized spacial score (nSPS) is 10.6. The summed E-state index contributed by atoms with van der Waals surface area (Å²) in [5.41, 5.74) is 3.00. The van der Waals surface area contributed by atoms with Gasteiger partial charge in [0.2, 0.25) is 0 Å². The molecule has 3 aromatic rings. The Balaban J connectivity index is 2.03. The molecular formula is C15H9BrClNS. The van der Waals surface area contributed by atoms with Gasteiger partial charge in [-0.15, -0.1) is 11.3 Å². The number of nitrogens with zero attached hydrogens (tertiary/aromatic N) is 1. The van der Waals surface area contributed by atoms with E-state index in [0.717, 1.165) is 31.3 Å². The van der Waals surface area contributed by atoms with Crippen molar-refractivity contribution in [2.45, 2.75) is 0 Å². The smallest absolute Gasteiger partial charge is 0.124 e. The minimum Gasteiger partial charge on any atom is -0.236 e. The van der Waals surface area contributed by atoms with Gasteiger partial charge in [0.15, 0.2) is 0 Å². The van der Waals surface area contributed by atoms with E-state index in [1.165, 1.54) is 0 Å². The number of rotatable bonds is 2. The Bertz CT molecular complexity index is 723. The molecule has 0 saturated heterocycles. The van der Waals surface area contributed by atoms with Crippen LogP contribution in [0.4, 0.5) is 0 Å². The van der Waals surface area contributed by atoms with Crippen molar-refractivity contribution >= 4 is 38.9 Å². The van der Waals surface area contributed by atoms with Gasteiger partial charge in [-0.2, -0.15) is 0 Å². The van der Waals surface area contributed by atoms with Crippen molar-refractivity contribution in [1.82, 2.24) is 4.98 Å². The second-order valence-electron chi connectivity index (χ2n) is 4.03. The van der Waals surface area contributed by atoms with Gasteiger partial charge in [0, 0.05) is 26.0 Å². The van der Waals surface area contributed by atoms with Gasteiger partial charge in [-0.1, -0.05) is 57.9 Å². The average molecular weight is 351 g/mol. The van der Waals surface area contributed by atoms with Crippen LogP contribution < -0.4 is 0 Å². The lowest BCUT2D eigenvalue weighted by molar-refractivity contribution is 1.40. The molecule has 0 fully saturated rings. The molecule has 0 aliphatic heterocycles. The molecule has 19 heavy (non-hydrogen) atoms. The summed E-state index contributed by atoms with van der Waals surface area (Å²) >= 11 is 11.3. The standard InChI is InChI=1S/C15H9BrClNS/c16-11-5-3-4-10(8-11)15-18-14(9-19-15)12-6-1-2-7-13(12)17/h1-9H. The Kier molecular flexibility index (Phi) is 3.69. The van der Waals surface area contributed by atoms with Crippen LogP contribution in [0.15, 0.2) is 58.4 Å². The monoisotopic (exact) mass is 349 g/mol. The van der Waals surface area contributed by atoms with Gasteiger partial charge < -0.3 is 0 Å². The first kappa shape index (κ1) is 12.9. The average Bonchev–Trinajstić information content (AvgIpc) is 2.89. The highest BCUT2D eigenvalue weighted by Crippen LogP contribution is 2.33.